The first-order valence-electron chi connectivity index (χ1n) is 8.38. The summed E-state index contributed by atoms with van der Waals surface area (Å²) >= 11 is 0. The fourth-order valence-electron chi connectivity index (χ4n) is 2.81. The monoisotopic (exact) mass is 356 g/mol. The van der Waals surface area contributed by atoms with E-state index in [4.69, 9.17) is 0 Å². The maximum absolute atomic E-state index is 12.4. The number of hydrogen-bond acceptors (Lipinski definition) is 5. The van der Waals surface area contributed by atoms with Crippen molar-refractivity contribution in [1.82, 2.24) is 9.55 Å². The van der Waals surface area contributed by atoms with Crippen LogP contribution in [-0.2, 0) is 0 Å². The number of hydrazone groups is 1. The molecule has 0 atom stereocenters. The third-order valence-corrected chi connectivity index (χ3v) is 4.08. The number of para-hydroxylation sites is 2. The molecule has 0 radical (unpaired) electrons. The number of phenols is 1. The third kappa shape index (κ3) is 3.41. The van der Waals surface area contributed by atoms with Crippen LogP contribution >= 0.6 is 0 Å². The van der Waals surface area contributed by atoms with Crippen LogP contribution in [0.3, 0.4) is 0 Å². The molecule has 0 saturated heterocycles. The average molecular weight is 356 g/mol. The van der Waals surface area contributed by atoms with Crippen LogP contribution < -0.4 is 11.0 Å². The van der Waals surface area contributed by atoms with Crippen LogP contribution in [0.2, 0.25) is 0 Å². The molecule has 27 heavy (non-hydrogen) atoms. The predicted octanol–water partition coefficient (Wildman–Crippen LogP) is 3.54. The molecule has 3 aromatic carbocycles. The second-order valence-electron chi connectivity index (χ2n) is 5.89. The Bertz CT molecular complexity index is 1170. The van der Waals surface area contributed by atoms with E-state index >= 15 is 0 Å². The summed E-state index contributed by atoms with van der Waals surface area (Å²) in [6, 6.07) is 23.6. The van der Waals surface area contributed by atoms with Crippen LogP contribution in [0, 0.1) is 0 Å². The number of fused-ring (bicyclic) bond motifs is 1. The standard InChI is InChI=1S/C21H16N4O2/c26-17-12-10-15(11-13-17)14-22-24-21-23-20(27)18-8-4-5-9-19(18)25(21)16-6-2-1-3-7-16/h1-14,26H,(H,23,24,27)/b22-14-. The zero-order chi connectivity index (χ0) is 18.6. The van der Waals surface area contributed by atoms with Crippen molar-refractivity contribution in [2.75, 3.05) is 5.43 Å². The maximum atomic E-state index is 12.4. The Kier molecular flexibility index (Phi) is 4.37. The van der Waals surface area contributed by atoms with Gasteiger partial charge < -0.3 is 5.11 Å². The lowest BCUT2D eigenvalue weighted by Crippen LogP contribution is -2.16. The molecular weight excluding hydrogens is 340 g/mol. The van der Waals surface area contributed by atoms with Crippen molar-refractivity contribution >= 4 is 23.1 Å². The molecule has 0 aliphatic rings. The second-order valence-corrected chi connectivity index (χ2v) is 5.89. The molecule has 0 saturated carbocycles. The zero-order valence-corrected chi connectivity index (χ0v) is 14.3. The number of aromatic nitrogens is 2. The second kappa shape index (κ2) is 7.13. The van der Waals surface area contributed by atoms with Crippen LogP contribution in [0.1, 0.15) is 5.56 Å². The van der Waals surface area contributed by atoms with Gasteiger partial charge in [-0.15, -0.1) is 0 Å². The minimum Gasteiger partial charge on any atom is -0.508 e. The molecule has 0 spiro atoms. The molecule has 0 aliphatic heterocycles. The van der Waals surface area contributed by atoms with Gasteiger partial charge in [-0.05, 0) is 54.1 Å². The van der Waals surface area contributed by atoms with E-state index in [1.807, 2.05) is 53.1 Å². The van der Waals surface area contributed by atoms with E-state index in [0.29, 0.717) is 11.3 Å². The Morgan fingerprint density at radius 1 is 0.926 bits per heavy atom. The molecule has 1 aromatic heterocycles. The molecule has 0 bridgehead atoms. The van der Waals surface area contributed by atoms with Crippen molar-refractivity contribution in [2.24, 2.45) is 5.10 Å². The van der Waals surface area contributed by atoms with Gasteiger partial charge in [-0.2, -0.15) is 10.1 Å². The number of hydrogen-bond donors (Lipinski definition) is 2. The molecule has 132 valence electrons. The molecule has 2 N–H and O–H groups in total. The fourth-order valence-corrected chi connectivity index (χ4v) is 2.81. The molecule has 0 aliphatic carbocycles. The van der Waals surface area contributed by atoms with Crippen LogP contribution in [0.5, 0.6) is 5.75 Å². The number of aromatic hydroxyl groups is 1. The lowest BCUT2D eigenvalue weighted by molar-refractivity contribution is 0.475. The SMILES string of the molecule is O=c1nc(N/N=C\c2ccc(O)cc2)n(-c2ccccc2)c2ccccc12. The van der Waals surface area contributed by atoms with Gasteiger partial charge in [0.25, 0.3) is 5.56 Å². The van der Waals surface area contributed by atoms with Crippen LogP contribution in [0.25, 0.3) is 16.6 Å². The van der Waals surface area contributed by atoms with Gasteiger partial charge in [-0.1, -0.05) is 30.3 Å². The van der Waals surface area contributed by atoms with Crippen molar-refractivity contribution in [1.29, 1.82) is 0 Å². The van der Waals surface area contributed by atoms with E-state index in [1.165, 1.54) is 0 Å². The number of anilines is 1. The first-order chi connectivity index (χ1) is 13.2. The quantitative estimate of drug-likeness (QED) is 0.433. The number of rotatable bonds is 4. The Hall–Kier alpha value is -3.93. The number of nitrogens with one attached hydrogen (secondary N) is 1. The minimum atomic E-state index is -0.319. The smallest absolute Gasteiger partial charge is 0.282 e. The lowest BCUT2D eigenvalue weighted by atomic mass is 10.2. The van der Waals surface area contributed by atoms with Gasteiger partial charge in [0.2, 0.25) is 5.95 Å². The summed E-state index contributed by atoms with van der Waals surface area (Å²) < 4.78 is 1.85. The highest BCUT2D eigenvalue weighted by Gasteiger charge is 2.11. The molecular formula is C21H16N4O2. The zero-order valence-electron chi connectivity index (χ0n) is 14.3. The van der Waals surface area contributed by atoms with Crippen molar-refractivity contribution < 1.29 is 5.11 Å². The van der Waals surface area contributed by atoms with Gasteiger partial charge in [0.05, 0.1) is 17.1 Å². The summed E-state index contributed by atoms with van der Waals surface area (Å²) in [5.41, 5.74) is 4.95. The normalized spacial score (nSPS) is 11.1. The topological polar surface area (TPSA) is 79.5 Å². The summed E-state index contributed by atoms with van der Waals surface area (Å²) in [5.74, 6) is 0.508. The number of phenolic OH excluding ortho intramolecular Hbond substituents is 1. The van der Waals surface area contributed by atoms with Gasteiger partial charge in [0.15, 0.2) is 0 Å². The Balaban J connectivity index is 1.80. The summed E-state index contributed by atoms with van der Waals surface area (Å²) in [6.45, 7) is 0. The molecule has 0 fully saturated rings. The first-order valence-corrected chi connectivity index (χ1v) is 8.38. The van der Waals surface area contributed by atoms with Crippen molar-refractivity contribution in [3.8, 4) is 11.4 Å². The van der Waals surface area contributed by atoms with Gasteiger partial charge in [-0.3, -0.25) is 9.36 Å². The van der Waals surface area contributed by atoms with Gasteiger partial charge in [-0.25, -0.2) is 5.43 Å². The van der Waals surface area contributed by atoms with Crippen molar-refractivity contribution in [3.63, 3.8) is 0 Å². The average Bonchev–Trinajstić information content (AvgIpc) is 2.70. The lowest BCUT2D eigenvalue weighted by Gasteiger charge is -2.15. The highest BCUT2D eigenvalue weighted by molar-refractivity contribution is 5.82. The number of benzene rings is 3. The van der Waals surface area contributed by atoms with E-state index in [9.17, 15) is 9.90 Å². The van der Waals surface area contributed by atoms with Gasteiger partial charge in [0, 0.05) is 5.69 Å². The predicted molar refractivity (Wildman–Crippen MR) is 107 cm³/mol. The third-order valence-electron chi connectivity index (χ3n) is 4.08. The fraction of sp³-hybridized carbons (Fsp3) is 0. The van der Waals surface area contributed by atoms with Crippen molar-refractivity contribution in [2.45, 2.75) is 0 Å². The van der Waals surface area contributed by atoms with Gasteiger partial charge >= 0.3 is 0 Å². The first kappa shape index (κ1) is 16.5. The molecule has 6 heteroatoms. The molecule has 0 amide bonds. The molecule has 6 nitrogen and oxygen atoms in total. The summed E-state index contributed by atoms with van der Waals surface area (Å²) in [4.78, 5) is 16.6. The summed E-state index contributed by atoms with van der Waals surface area (Å²) in [5, 5.41) is 14.1. The maximum Gasteiger partial charge on any atom is 0.282 e. The minimum absolute atomic E-state index is 0.189. The van der Waals surface area contributed by atoms with Crippen LogP contribution in [0.15, 0.2) is 88.8 Å². The Labute approximate surface area is 155 Å². The van der Waals surface area contributed by atoms with E-state index in [0.717, 1.165) is 16.8 Å². The Morgan fingerprint density at radius 3 is 2.41 bits per heavy atom. The molecule has 0 unspecified atom stereocenters. The van der Waals surface area contributed by atoms with Crippen LogP contribution in [0.4, 0.5) is 5.95 Å². The van der Waals surface area contributed by atoms with E-state index in [2.05, 4.69) is 15.5 Å². The van der Waals surface area contributed by atoms with E-state index in [1.54, 1.807) is 36.5 Å². The molecule has 4 aromatic rings. The van der Waals surface area contributed by atoms with E-state index in [-0.39, 0.29) is 11.3 Å². The van der Waals surface area contributed by atoms with Gasteiger partial charge in [0.1, 0.15) is 5.75 Å². The largest absolute Gasteiger partial charge is 0.508 e. The summed E-state index contributed by atoms with van der Waals surface area (Å²) in [6.07, 6.45) is 1.59. The number of nitrogens with zero attached hydrogens (tertiary/aromatic N) is 3. The molecule has 1 heterocycles. The molecule has 4 rings (SSSR count). The van der Waals surface area contributed by atoms with E-state index < -0.39 is 0 Å². The van der Waals surface area contributed by atoms with Crippen LogP contribution in [-0.4, -0.2) is 20.9 Å². The highest BCUT2D eigenvalue weighted by atomic mass is 16.3. The summed E-state index contributed by atoms with van der Waals surface area (Å²) in [7, 11) is 0. The van der Waals surface area contributed by atoms with Crippen molar-refractivity contribution in [3.05, 3.63) is 94.8 Å². The highest BCUT2D eigenvalue weighted by Crippen LogP contribution is 2.20. The Morgan fingerprint density at radius 2 is 1.63 bits per heavy atom.